The van der Waals surface area contributed by atoms with Crippen LogP contribution in [0.4, 0.5) is 0 Å². The second kappa shape index (κ2) is 8.13. The predicted octanol–water partition coefficient (Wildman–Crippen LogP) is 3.39. The third kappa shape index (κ3) is 4.98. The van der Waals surface area contributed by atoms with Crippen LogP contribution in [0.15, 0.2) is 23.6 Å². The van der Waals surface area contributed by atoms with Crippen LogP contribution in [-0.4, -0.2) is 24.0 Å². The Morgan fingerprint density at radius 3 is 2.86 bits per heavy atom. The normalized spacial score (nSPS) is 23.2. The summed E-state index contributed by atoms with van der Waals surface area (Å²) in [4.78, 5) is 24.8. The maximum absolute atomic E-state index is 12.1. The van der Waals surface area contributed by atoms with Gasteiger partial charge in [-0.15, -0.1) is 11.3 Å². The molecule has 0 bridgehead atoms. The van der Waals surface area contributed by atoms with Crippen molar-refractivity contribution in [2.24, 2.45) is 5.92 Å². The molecule has 1 fully saturated rings. The minimum Gasteiger partial charge on any atom is -0.449 e. The summed E-state index contributed by atoms with van der Waals surface area (Å²) in [6, 6.07) is 4.02. The van der Waals surface area contributed by atoms with Crippen LogP contribution in [0.3, 0.4) is 0 Å². The lowest BCUT2D eigenvalue weighted by Gasteiger charge is -2.30. The van der Waals surface area contributed by atoms with Crippen LogP contribution in [0.25, 0.3) is 6.08 Å². The van der Waals surface area contributed by atoms with E-state index in [1.54, 1.807) is 13.0 Å². The number of nitrogens with one attached hydrogen (secondary N) is 1. The van der Waals surface area contributed by atoms with Crippen LogP contribution in [0, 0.1) is 5.92 Å². The van der Waals surface area contributed by atoms with E-state index in [2.05, 4.69) is 12.2 Å². The van der Waals surface area contributed by atoms with E-state index in [1.807, 2.05) is 17.5 Å². The van der Waals surface area contributed by atoms with Gasteiger partial charge in [0.15, 0.2) is 6.10 Å². The van der Waals surface area contributed by atoms with E-state index in [1.165, 1.54) is 23.8 Å². The van der Waals surface area contributed by atoms with Crippen molar-refractivity contribution in [3.8, 4) is 0 Å². The van der Waals surface area contributed by atoms with Gasteiger partial charge in [-0.1, -0.05) is 25.8 Å². The van der Waals surface area contributed by atoms with Crippen LogP contribution < -0.4 is 5.32 Å². The maximum atomic E-state index is 12.1. The summed E-state index contributed by atoms with van der Waals surface area (Å²) in [5.74, 6) is -0.219. The van der Waals surface area contributed by atoms with Gasteiger partial charge in [0.2, 0.25) is 0 Å². The molecule has 3 atom stereocenters. The number of carbonyl (C=O) groups excluding carboxylic acids is 2. The van der Waals surface area contributed by atoms with Gasteiger partial charge in [0.1, 0.15) is 0 Å². The first-order chi connectivity index (χ1) is 10.6. The molecule has 0 saturated heterocycles. The number of thiophene rings is 1. The fourth-order valence-corrected chi connectivity index (χ4v) is 3.25. The molecule has 120 valence electrons. The lowest BCUT2D eigenvalue weighted by molar-refractivity contribution is -0.150. The van der Waals surface area contributed by atoms with Crippen LogP contribution in [-0.2, 0) is 14.3 Å². The second-order valence-corrected chi connectivity index (χ2v) is 6.78. The molecule has 1 aliphatic carbocycles. The van der Waals surface area contributed by atoms with Crippen LogP contribution in [0.5, 0.6) is 0 Å². The van der Waals surface area contributed by atoms with E-state index in [9.17, 15) is 9.59 Å². The van der Waals surface area contributed by atoms with Gasteiger partial charge in [0.25, 0.3) is 5.91 Å². The third-order valence-corrected chi connectivity index (χ3v) is 4.87. The van der Waals surface area contributed by atoms with E-state index in [-0.39, 0.29) is 11.9 Å². The number of ether oxygens (including phenoxy) is 1. The van der Waals surface area contributed by atoms with Crippen LogP contribution >= 0.6 is 11.3 Å². The Balaban J connectivity index is 1.79. The minimum absolute atomic E-state index is 0.198. The summed E-state index contributed by atoms with van der Waals surface area (Å²) in [7, 11) is 0. The Kier molecular flexibility index (Phi) is 6.19. The van der Waals surface area contributed by atoms with Crippen molar-refractivity contribution in [1.29, 1.82) is 0 Å². The summed E-state index contributed by atoms with van der Waals surface area (Å²) >= 11 is 1.54. The number of hydrogen-bond donors (Lipinski definition) is 1. The quantitative estimate of drug-likeness (QED) is 0.668. The van der Waals surface area contributed by atoms with Crippen molar-refractivity contribution >= 4 is 29.3 Å². The number of carbonyl (C=O) groups is 2. The molecule has 1 amide bonds. The summed E-state index contributed by atoms with van der Waals surface area (Å²) in [5, 5.41) is 4.94. The van der Waals surface area contributed by atoms with Gasteiger partial charge in [-0.05, 0) is 43.2 Å². The number of hydrogen-bond acceptors (Lipinski definition) is 4. The molecular weight excluding hydrogens is 298 g/mol. The second-order valence-electron chi connectivity index (χ2n) is 5.80. The first-order valence-corrected chi connectivity index (χ1v) is 8.67. The molecule has 1 heterocycles. The van der Waals surface area contributed by atoms with Crippen LogP contribution in [0.1, 0.15) is 44.4 Å². The summed E-state index contributed by atoms with van der Waals surface area (Å²) < 4.78 is 5.15. The monoisotopic (exact) mass is 321 g/mol. The summed E-state index contributed by atoms with van der Waals surface area (Å²) in [6.45, 7) is 3.77. The maximum Gasteiger partial charge on any atom is 0.331 e. The summed E-state index contributed by atoms with van der Waals surface area (Å²) in [6.07, 6.45) is 6.81. The van der Waals surface area contributed by atoms with Crippen molar-refractivity contribution in [2.75, 3.05) is 0 Å². The zero-order chi connectivity index (χ0) is 15.9. The van der Waals surface area contributed by atoms with Gasteiger partial charge in [-0.3, -0.25) is 4.79 Å². The van der Waals surface area contributed by atoms with Gasteiger partial charge in [-0.25, -0.2) is 4.79 Å². The fraction of sp³-hybridized carbons (Fsp3) is 0.529. The van der Waals surface area contributed by atoms with Crippen LogP contribution in [0.2, 0.25) is 0 Å². The molecule has 22 heavy (non-hydrogen) atoms. The highest BCUT2D eigenvalue weighted by atomic mass is 32.1. The zero-order valence-corrected chi connectivity index (χ0v) is 13.9. The van der Waals surface area contributed by atoms with E-state index < -0.39 is 12.1 Å². The highest BCUT2D eigenvalue weighted by Gasteiger charge is 2.25. The molecular formula is C17H23NO3S. The Hall–Kier alpha value is -1.62. The molecule has 2 rings (SSSR count). The Morgan fingerprint density at radius 2 is 2.18 bits per heavy atom. The molecule has 1 aromatic heterocycles. The molecule has 1 aromatic rings. The Morgan fingerprint density at radius 1 is 1.41 bits per heavy atom. The minimum atomic E-state index is -0.769. The molecule has 0 spiro atoms. The molecule has 0 aliphatic heterocycles. The average Bonchev–Trinajstić information content (AvgIpc) is 3.00. The predicted molar refractivity (Wildman–Crippen MR) is 88.5 cm³/mol. The first-order valence-electron chi connectivity index (χ1n) is 7.79. The molecule has 0 aromatic carbocycles. The highest BCUT2D eigenvalue weighted by Crippen LogP contribution is 2.23. The highest BCUT2D eigenvalue weighted by molar-refractivity contribution is 7.10. The van der Waals surface area contributed by atoms with Gasteiger partial charge in [0.05, 0.1) is 0 Å². The zero-order valence-electron chi connectivity index (χ0n) is 13.1. The van der Waals surface area contributed by atoms with Crippen molar-refractivity contribution in [1.82, 2.24) is 5.32 Å². The lowest BCUT2D eigenvalue weighted by atomic mass is 9.86. The topological polar surface area (TPSA) is 55.4 Å². The average molecular weight is 321 g/mol. The third-order valence-electron chi connectivity index (χ3n) is 4.03. The molecule has 5 heteroatoms. The SMILES string of the molecule is CC(OC(=O)C=Cc1cccs1)C(=O)NC1CCCCC1C. The Labute approximate surface area is 135 Å². The van der Waals surface area contributed by atoms with Gasteiger partial charge < -0.3 is 10.1 Å². The molecule has 1 aliphatic rings. The van der Waals surface area contributed by atoms with E-state index in [0.717, 1.165) is 24.1 Å². The molecule has 0 radical (unpaired) electrons. The molecule has 1 saturated carbocycles. The Bertz CT molecular complexity index is 524. The molecule has 3 unspecified atom stereocenters. The van der Waals surface area contributed by atoms with Gasteiger partial charge in [-0.2, -0.15) is 0 Å². The largest absolute Gasteiger partial charge is 0.449 e. The van der Waals surface area contributed by atoms with E-state index >= 15 is 0 Å². The molecule has 4 nitrogen and oxygen atoms in total. The first kappa shape index (κ1) is 16.7. The number of rotatable bonds is 5. The van der Waals surface area contributed by atoms with Gasteiger partial charge in [0, 0.05) is 17.0 Å². The smallest absolute Gasteiger partial charge is 0.331 e. The van der Waals surface area contributed by atoms with Gasteiger partial charge >= 0.3 is 5.97 Å². The van der Waals surface area contributed by atoms with E-state index in [0.29, 0.717) is 5.92 Å². The lowest BCUT2D eigenvalue weighted by Crippen LogP contribution is -2.45. The number of esters is 1. The van der Waals surface area contributed by atoms with E-state index in [4.69, 9.17) is 4.74 Å². The van der Waals surface area contributed by atoms with Crippen molar-refractivity contribution in [3.05, 3.63) is 28.5 Å². The summed E-state index contributed by atoms with van der Waals surface area (Å²) in [5.41, 5.74) is 0. The molecule has 1 N–H and O–H groups in total. The fourth-order valence-electron chi connectivity index (χ4n) is 2.63. The standard InChI is InChI=1S/C17H23NO3S/c1-12-6-3-4-8-15(12)18-17(20)13(2)21-16(19)10-9-14-7-5-11-22-14/h5,7,9-13,15H,3-4,6,8H2,1-2H3,(H,18,20). The van der Waals surface area contributed by atoms with Crippen molar-refractivity contribution in [3.63, 3.8) is 0 Å². The number of amides is 1. The van der Waals surface area contributed by atoms with Crippen molar-refractivity contribution in [2.45, 2.75) is 51.7 Å². The van der Waals surface area contributed by atoms with Crippen molar-refractivity contribution < 1.29 is 14.3 Å².